The van der Waals surface area contributed by atoms with Crippen LogP contribution < -0.4 is 10.3 Å². The van der Waals surface area contributed by atoms with Crippen molar-refractivity contribution in [2.75, 3.05) is 66.1 Å². The van der Waals surface area contributed by atoms with Gasteiger partial charge in [-0.2, -0.15) is 9.40 Å². The molecule has 0 amide bonds. The number of piperidine rings is 1. The molecule has 260 valence electrons. The molecule has 5 rings (SSSR count). The van der Waals surface area contributed by atoms with Gasteiger partial charge in [0.15, 0.2) is 5.52 Å². The van der Waals surface area contributed by atoms with Gasteiger partial charge in [-0.05, 0) is 63.8 Å². The molecular formula is C32H48ClN7O6S. The number of aromatic nitrogens is 4. The number of halogens is 1. The van der Waals surface area contributed by atoms with Gasteiger partial charge in [-0.15, -0.1) is 12.4 Å². The third kappa shape index (κ3) is 8.71. The second-order valence-corrected chi connectivity index (χ2v) is 14.2. The summed E-state index contributed by atoms with van der Waals surface area (Å²) in [5.41, 5.74) is 1.63. The lowest BCUT2D eigenvalue weighted by atomic mass is 9.93. The van der Waals surface area contributed by atoms with Crippen LogP contribution in [0.25, 0.3) is 22.4 Å². The van der Waals surface area contributed by atoms with E-state index in [1.54, 1.807) is 13.1 Å². The van der Waals surface area contributed by atoms with Gasteiger partial charge in [0.25, 0.3) is 5.56 Å². The Hall–Kier alpha value is -3.04. The van der Waals surface area contributed by atoms with Gasteiger partial charge in [0.05, 0.1) is 22.8 Å². The summed E-state index contributed by atoms with van der Waals surface area (Å²) in [7, 11) is -0.00386. The lowest BCUT2D eigenvalue weighted by Gasteiger charge is -2.32. The number of aryl methyl sites for hydroxylation is 2. The predicted molar refractivity (Wildman–Crippen MR) is 183 cm³/mol. The molecule has 1 N–H and O–H groups in total. The van der Waals surface area contributed by atoms with Gasteiger partial charge in [0, 0.05) is 59.3 Å². The molecule has 0 bridgehead atoms. The SMILES string of the molecule is CCCc1nn(C)c2c(=O)[nH]c(-c3cc(S(=O)(=O)N4CCC(CCC(=O)OCCN5CCN(C)CC5)CC4)ccc3OCC)nc12.Cl. The molecule has 13 nitrogen and oxygen atoms in total. The fourth-order valence-corrected chi connectivity index (χ4v) is 7.75. The molecule has 2 saturated heterocycles. The predicted octanol–water partition coefficient (Wildman–Crippen LogP) is 3.07. The zero-order valence-electron chi connectivity index (χ0n) is 27.9. The number of nitrogens with zero attached hydrogens (tertiary/aromatic N) is 6. The maximum Gasteiger partial charge on any atom is 0.305 e. The van der Waals surface area contributed by atoms with E-state index in [-0.39, 0.29) is 40.6 Å². The standard InChI is InChI=1S/C32H47N7O6S.ClH/c1-5-7-26-29-30(37(4)35-26)32(41)34-31(33-29)25-22-24(9-10-27(25)44-6-2)46(42,43)39-14-12-23(13-15-39)8-11-28(40)45-21-20-38-18-16-36(3)17-19-38;/h9-10,22-23H,5-8,11-21H2,1-4H3,(H,33,34,41);1H. The smallest absolute Gasteiger partial charge is 0.305 e. The van der Waals surface area contributed by atoms with E-state index >= 15 is 0 Å². The van der Waals surface area contributed by atoms with Crippen LogP contribution in [-0.4, -0.2) is 114 Å². The molecule has 0 atom stereocenters. The highest BCUT2D eigenvalue weighted by Gasteiger charge is 2.31. The summed E-state index contributed by atoms with van der Waals surface area (Å²) >= 11 is 0. The molecular weight excluding hydrogens is 646 g/mol. The van der Waals surface area contributed by atoms with Crippen molar-refractivity contribution in [1.29, 1.82) is 0 Å². The second-order valence-electron chi connectivity index (χ2n) is 12.3. The normalized spacial score (nSPS) is 17.1. The second kappa shape index (κ2) is 16.4. The zero-order valence-corrected chi connectivity index (χ0v) is 29.5. The van der Waals surface area contributed by atoms with Crippen LogP contribution in [0.15, 0.2) is 27.9 Å². The molecule has 2 aliphatic rings. The molecule has 15 heteroatoms. The van der Waals surface area contributed by atoms with E-state index in [2.05, 4.69) is 26.9 Å². The number of hydrogen-bond donors (Lipinski definition) is 1. The number of esters is 1. The average molecular weight is 694 g/mol. The molecule has 2 aliphatic heterocycles. The lowest BCUT2D eigenvalue weighted by molar-refractivity contribution is -0.144. The van der Waals surface area contributed by atoms with Crippen molar-refractivity contribution in [3.63, 3.8) is 0 Å². The quantitative estimate of drug-likeness (QED) is 0.266. The highest BCUT2D eigenvalue weighted by atomic mass is 35.5. The molecule has 1 aromatic carbocycles. The first-order valence-electron chi connectivity index (χ1n) is 16.4. The minimum absolute atomic E-state index is 0. The van der Waals surface area contributed by atoms with Crippen molar-refractivity contribution in [3.8, 4) is 17.1 Å². The first kappa shape index (κ1) is 36.8. The molecule has 4 heterocycles. The van der Waals surface area contributed by atoms with Crippen molar-refractivity contribution >= 4 is 39.4 Å². The molecule has 2 aromatic heterocycles. The van der Waals surface area contributed by atoms with Crippen molar-refractivity contribution < 1.29 is 22.7 Å². The topological polar surface area (TPSA) is 143 Å². The number of rotatable bonds is 13. The number of likely N-dealkylation sites (N-methyl/N-ethyl adjacent to an activating group) is 1. The fourth-order valence-electron chi connectivity index (χ4n) is 6.26. The van der Waals surface area contributed by atoms with Crippen LogP contribution in [-0.2, 0) is 33.0 Å². The summed E-state index contributed by atoms with van der Waals surface area (Å²) < 4.78 is 41.9. The van der Waals surface area contributed by atoms with Gasteiger partial charge < -0.3 is 19.4 Å². The lowest BCUT2D eigenvalue weighted by Crippen LogP contribution is -2.45. The van der Waals surface area contributed by atoms with Crippen molar-refractivity contribution in [1.82, 2.24) is 33.9 Å². The van der Waals surface area contributed by atoms with E-state index in [9.17, 15) is 18.0 Å². The van der Waals surface area contributed by atoms with Gasteiger partial charge in [-0.25, -0.2) is 13.4 Å². The summed E-state index contributed by atoms with van der Waals surface area (Å²) in [6.45, 7) is 10.2. The summed E-state index contributed by atoms with van der Waals surface area (Å²) in [6, 6.07) is 4.69. The summed E-state index contributed by atoms with van der Waals surface area (Å²) in [4.78, 5) is 37.7. The van der Waals surface area contributed by atoms with Crippen LogP contribution in [0.1, 0.15) is 51.6 Å². The van der Waals surface area contributed by atoms with E-state index in [1.807, 2.05) is 13.8 Å². The Morgan fingerprint density at radius 3 is 2.47 bits per heavy atom. The van der Waals surface area contributed by atoms with E-state index < -0.39 is 10.0 Å². The molecule has 0 aliphatic carbocycles. The summed E-state index contributed by atoms with van der Waals surface area (Å²) in [6.07, 6.45) is 3.87. The number of hydrogen-bond acceptors (Lipinski definition) is 10. The third-order valence-electron chi connectivity index (χ3n) is 8.99. The molecule has 0 unspecified atom stereocenters. The highest BCUT2D eigenvalue weighted by molar-refractivity contribution is 7.89. The van der Waals surface area contributed by atoms with Crippen LogP contribution in [0.5, 0.6) is 5.75 Å². The van der Waals surface area contributed by atoms with Crippen LogP contribution in [0.3, 0.4) is 0 Å². The van der Waals surface area contributed by atoms with Crippen LogP contribution >= 0.6 is 12.4 Å². The first-order chi connectivity index (χ1) is 22.1. The van der Waals surface area contributed by atoms with Gasteiger partial charge in [0.1, 0.15) is 23.7 Å². The Labute approximate surface area is 283 Å². The number of sulfonamides is 1. The number of benzene rings is 1. The van der Waals surface area contributed by atoms with Crippen LogP contribution in [0, 0.1) is 5.92 Å². The average Bonchev–Trinajstić information content (AvgIpc) is 3.36. The number of carbonyl (C=O) groups is 1. The highest BCUT2D eigenvalue weighted by Crippen LogP contribution is 2.33. The summed E-state index contributed by atoms with van der Waals surface area (Å²) in [5.74, 6) is 0.728. The Morgan fingerprint density at radius 1 is 1.06 bits per heavy atom. The molecule has 0 spiro atoms. The third-order valence-corrected chi connectivity index (χ3v) is 10.9. The van der Waals surface area contributed by atoms with Gasteiger partial charge in [-0.3, -0.25) is 19.2 Å². The number of H-pyrrole nitrogens is 1. The van der Waals surface area contributed by atoms with E-state index in [0.717, 1.165) is 44.8 Å². The Bertz CT molecular complexity index is 1680. The fraction of sp³-hybridized carbons (Fsp3) is 0.625. The zero-order chi connectivity index (χ0) is 32.8. The van der Waals surface area contributed by atoms with Crippen molar-refractivity contribution in [3.05, 3.63) is 34.2 Å². The Morgan fingerprint density at radius 2 is 1.79 bits per heavy atom. The number of carbonyl (C=O) groups excluding carboxylic acids is 1. The molecule has 3 aromatic rings. The summed E-state index contributed by atoms with van der Waals surface area (Å²) in [5, 5.41) is 4.49. The minimum atomic E-state index is -3.83. The van der Waals surface area contributed by atoms with Gasteiger partial charge >= 0.3 is 5.97 Å². The van der Waals surface area contributed by atoms with Crippen LogP contribution in [0.2, 0.25) is 0 Å². The first-order valence-corrected chi connectivity index (χ1v) is 17.8. The number of nitrogens with one attached hydrogen (secondary N) is 1. The van der Waals surface area contributed by atoms with Gasteiger partial charge in [-0.1, -0.05) is 13.3 Å². The number of fused-ring (bicyclic) bond motifs is 1. The number of ether oxygens (including phenoxy) is 2. The molecule has 0 saturated carbocycles. The van der Waals surface area contributed by atoms with Gasteiger partial charge in [0.2, 0.25) is 10.0 Å². The molecule has 2 fully saturated rings. The largest absolute Gasteiger partial charge is 0.493 e. The minimum Gasteiger partial charge on any atom is -0.493 e. The molecule has 47 heavy (non-hydrogen) atoms. The van der Waals surface area contributed by atoms with Crippen LogP contribution in [0.4, 0.5) is 0 Å². The van der Waals surface area contributed by atoms with E-state index in [0.29, 0.717) is 80.8 Å². The van der Waals surface area contributed by atoms with E-state index in [4.69, 9.17) is 14.5 Å². The monoisotopic (exact) mass is 693 g/mol. The van der Waals surface area contributed by atoms with Crippen molar-refractivity contribution in [2.45, 2.75) is 57.3 Å². The Balaban J connectivity index is 0.00000500. The number of piperazine rings is 1. The van der Waals surface area contributed by atoms with E-state index in [1.165, 1.54) is 21.1 Å². The Kier molecular flexibility index (Phi) is 12.8. The molecule has 0 radical (unpaired) electrons. The maximum absolute atomic E-state index is 13.8. The van der Waals surface area contributed by atoms with Crippen molar-refractivity contribution in [2.24, 2.45) is 13.0 Å². The maximum atomic E-state index is 13.8. The number of aromatic amines is 1.